The van der Waals surface area contributed by atoms with Crippen LogP contribution in [0.3, 0.4) is 0 Å². The van der Waals surface area contributed by atoms with Crippen LogP contribution < -0.4 is 15.0 Å². The van der Waals surface area contributed by atoms with Gasteiger partial charge in [-0.05, 0) is 36.9 Å². The molecule has 0 saturated heterocycles. The molecule has 0 N–H and O–H groups in total. The van der Waals surface area contributed by atoms with Crippen LogP contribution in [0.5, 0.6) is 11.5 Å². The van der Waals surface area contributed by atoms with Gasteiger partial charge < -0.3 is 9.47 Å². The van der Waals surface area contributed by atoms with E-state index in [-0.39, 0.29) is 18.9 Å². The third-order valence-electron chi connectivity index (χ3n) is 4.47. The molecule has 7 nitrogen and oxygen atoms in total. The molecule has 4 rings (SSSR count). The zero-order valence-corrected chi connectivity index (χ0v) is 14.9. The Kier molecular flexibility index (Phi) is 4.48. The Bertz CT molecular complexity index is 1100. The normalized spacial score (nSPS) is 12.5. The predicted octanol–water partition coefficient (Wildman–Crippen LogP) is 2.28. The SMILES string of the molecule is CN(Cc1ccc2c(c1)OCO2)Cc1nc2ccccc2c(=O)n1CC#N. The fourth-order valence-electron chi connectivity index (χ4n) is 3.22. The maximum absolute atomic E-state index is 12.7. The summed E-state index contributed by atoms with van der Waals surface area (Å²) in [5, 5.41) is 9.65. The van der Waals surface area contributed by atoms with Crippen LogP contribution in [0.15, 0.2) is 47.3 Å². The van der Waals surface area contributed by atoms with E-state index in [9.17, 15) is 4.79 Å². The summed E-state index contributed by atoms with van der Waals surface area (Å²) in [5.41, 5.74) is 1.52. The number of hydrogen-bond acceptors (Lipinski definition) is 6. The molecule has 0 radical (unpaired) electrons. The molecule has 3 aromatic rings. The van der Waals surface area contributed by atoms with Gasteiger partial charge in [0.25, 0.3) is 5.56 Å². The van der Waals surface area contributed by atoms with Crippen molar-refractivity contribution < 1.29 is 9.47 Å². The summed E-state index contributed by atoms with van der Waals surface area (Å²) in [5.74, 6) is 2.06. The van der Waals surface area contributed by atoms with Crippen molar-refractivity contribution in [2.24, 2.45) is 0 Å². The fraction of sp³-hybridized carbons (Fsp3) is 0.250. The van der Waals surface area contributed by atoms with Crippen molar-refractivity contribution in [2.45, 2.75) is 19.6 Å². The van der Waals surface area contributed by atoms with E-state index >= 15 is 0 Å². The maximum Gasteiger partial charge on any atom is 0.262 e. The minimum absolute atomic E-state index is 0.0239. The molecule has 0 saturated carbocycles. The summed E-state index contributed by atoms with van der Waals surface area (Å²) in [4.78, 5) is 19.4. The summed E-state index contributed by atoms with van der Waals surface area (Å²) in [6, 6.07) is 15.1. The Morgan fingerprint density at radius 3 is 2.85 bits per heavy atom. The number of rotatable bonds is 5. The zero-order valence-electron chi connectivity index (χ0n) is 14.9. The number of nitrogens with zero attached hydrogens (tertiary/aromatic N) is 4. The van der Waals surface area contributed by atoms with E-state index in [1.54, 1.807) is 12.1 Å². The lowest BCUT2D eigenvalue weighted by Crippen LogP contribution is -2.29. The first kappa shape index (κ1) is 17.1. The van der Waals surface area contributed by atoms with Crippen molar-refractivity contribution in [2.75, 3.05) is 13.8 Å². The molecule has 2 heterocycles. The van der Waals surface area contributed by atoms with E-state index in [0.717, 1.165) is 17.1 Å². The number of para-hydroxylation sites is 1. The quantitative estimate of drug-likeness (QED) is 0.693. The Hall–Kier alpha value is -3.37. The predicted molar refractivity (Wildman–Crippen MR) is 99.4 cm³/mol. The van der Waals surface area contributed by atoms with Gasteiger partial charge in [0.05, 0.1) is 23.5 Å². The molecule has 0 unspecified atom stereocenters. The number of fused-ring (bicyclic) bond motifs is 2. The molecule has 7 heteroatoms. The summed E-state index contributed by atoms with van der Waals surface area (Å²) >= 11 is 0. The second-order valence-corrected chi connectivity index (χ2v) is 6.45. The topological polar surface area (TPSA) is 80.4 Å². The van der Waals surface area contributed by atoms with Crippen LogP contribution in [0.4, 0.5) is 0 Å². The molecule has 27 heavy (non-hydrogen) atoms. The van der Waals surface area contributed by atoms with Crippen LogP contribution in [0.25, 0.3) is 10.9 Å². The lowest BCUT2D eigenvalue weighted by Gasteiger charge is -2.19. The van der Waals surface area contributed by atoms with Crippen LogP contribution in [0, 0.1) is 11.3 Å². The zero-order chi connectivity index (χ0) is 18.8. The van der Waals surface area contributed by atoms with Gasteiger partial charge in [-0.25, -0.2) is 4.98 Å². The van der Waals surface area contributed by atoms with Crippen molar-refractivity contribution >= 4 is 10.9 Å². The first-order valence-electron chi connectivity index (χ1n) is 8.58. The van der Waals surface area contributed by atoms with Crippen molar-refractivity contribution in [3.05, 3.63) is 64.2 Å². The van der Waals surface area contributed by atoms with Gasteiger partial charge in [0.2, 0.25) is 6.79 Å². The molecule has 2 aromatic carbocycles. The van der Waals surface area contributed by atoms with Gasteiger partial charge in [0.1, 0.15) is 12.4 Å². The van der Waals surface area contributed by atoms with Crippen LogP contribution in [-0.2, 0) is 19.6 Å². The summed E-state index contributed by atoms with van der Waals surface area (Å²) in [6.07, 6.45) is 0. The molecule has 0 fully saturated rings. The van der Waals surface area contributed by atoms with Gasteiger partial charge in [-0.3, -0.25) is 14.3 Å². The second-order valence-electron chi connectivity index (χ2n) is 6.45. The second kappa shape index (κ2) is 7.09. The molecular formula is C20H18N4O3. The molecule has 1 aliphatic rings. The first-order valence-corrected chi connectivity index (χ1v) is 8.58. The first-order chi connectivity index (χ1) is 13.2. The smallest absolute Gasteiger partial charge is 0.262 e. The number of ether oxygens (including phenoxy) is 2. The standard InChI is InChI=1S/C20H18N4O3/c1-23(11-14-6-7-17-18(10-14)27-13-26-17)12-19-22-16-5-3-2-4-15(16)20(25)24(19)9-8-21/h2-7,10H,9,11-13H2,1H3. The molecule has 1 aromatic heterocycles. The van der Waals surface area contributed by atoms with Crippen molar-refractivity contribution in [3.63, 3.8) is 0 Å². The fourth-order valence-corrected chi connectivity index (χ4v) is 3.22. The third kappa shape index (κ3) is 3.35. The van der Waals surface area contributed by atoms with E-state index in [1.165, 1.54) is 4.57 Å². The highest BCUT2D eigenvalue weighted by atomic mass is 16.7. The minimum atomic E-state index is -0.186. The molecule has 0 amide bonds. The highest BCUT2D eigenvalue weighted by Crippen LogP contribution is 2.32. The Labute approximate surface area is 156 Å². The largest absolute Gasteiger partial charge is 0.454 e. The number of hydrogen-bond donors (Lipinski definition) is 0. The van der Waals surface area contributed by atoms with E-state index in [0.29, 0.717) is 29.8 Å². The Morgan fingerprint density at radius 1 is 1.19 bits per heavy atom. The molecule has 0 aliphatic carbocycles. The van der Waals surface area contributed by atoms with Crippen LogP contribution in [0.1, 0.15) is 11.4 Å². The number of nitriles is 1. The average Bonchev–Trinajstić information content (AvgIpc) is 3.12. The van der Waals surface area contributed by atoms with Crippen LogP contribution in [-0.4, -0.2) is 28.3 Å². The average molecular weight is 362 g/mol. The van der Waals surface area contributed by atoms with Gasteiger partial charge in [-0.1, -0.05) is 18.2 Å². The van der Waals surface area contributed by atoms with Crippen molar-refractivity contribution in [3.8, 4) is 17.6 Å². The van der Waals surface area contributed by atoms with Crippen molar-refractivity contribution in [1.29, 1.82) is 5.26 Å². The molecular weight excluding hydrogens is 344 g/mol. The van der Waals surface area contributed by atoms with E-state index in [4.69, 9.17) is 14.7 Å². The molecule has 0 spiro atoms. The van der Waals surface area contributed by atoms with E-state index in [1.807, 2.05) is 42.3 Å². The van der Waals surface area contributed by atoms with E-state index in [2.05, 4.69) is 11.1 Å². The Balaban J connectivity index is 1.61. The summed E-state index contributed by atoms with van der Waals surface area (Å²) in [6.45, 7) is 1.31. The minimum Gasteiger partial charge on any atom is -0.454 e. The van der Waals surface area contributed by atoms with Crippen LogP contribution in [0.2, 0.25) is 0 Å². The van der Waals surface area contributed by atoms with Gasteiger partial charge in [0.15, 0.2) is 11.5 Å². The number of benzene rings is 2. The highest BCUT2D eigenvalue weighted by molar-refractivity contribution is 5.77. The summed E-state index contributed by atoms with van der Waals surface area (Å²) in [7, 11) is 1.95. The van der Waals surface area contributed by atoms with Gasteiger partial charge in [0, 0.05) is 6.54 Å². The van der Waals surface area contributed by atoms with Crippen LogP contribution >= 0.6 is 0 Å². The van der Waals surface area contributed by atoms with Gasteiger partial charge >= 0.3 is 0 Å². The summed E-state index contributed by atoms with van der Waals surface area (Å²) < 4.78 is 12.2. The van der Waals surface area contributed by atoms with Gasteiger partial charge in [-0.2, -0.15) is 5.26 Å². The van der Waals surface area contributed by atoms with Gasteiger partial charge in [-0.15, -0.1) is 0 Å². The monoisotopic (exact) mass is 362 g/mol. The van der Waals surface area contributed by atoms with Crippen molar-refractivity contribution in [1.82, 2.24) is 14.5 Å². The molecule has 136 valence electrons. The lowest BCUT2D eigenvalue weighted by atomic mass is 10.2. The molecule has 0 atom stereocenters. The maximum atomic E-state index is 12.7. The lowest BCUT2D eigenvalue weighted by molar-refractivity contribution is 0.174. The highest BCUT2D eigenvalue weighted by Gasteiger charge is 2.16. The van der Waals surface area contributed by atoms with E-state index < -0.39 is 0 Å². The third-order valence-corrected chi connectivity index (χ3v) is 4.47. The number of aromatic nitrogens is 2. The molecule has 1 aliphatic heterocycles. The Morgan fingerprint density at radius 2 is 2.00 bits per heavy atom. The molecule has 0 bridgehead atoms.